The fraction of sp³-hybridized carbons (Fsp3) is 0.714. The van der Waals surface area contributed by atoms with E-state index in [1.165, 1.54) is 0 Å². The van der Waals surface area contributed by atoms with Crippen LogP contribution in [0.15, 0.2) is 17.2 Å². The Kier molecular flexibility index (Phi) is 6.56. The van der Waals surface area contributed by atoms with Crippen molar-refractivity contribution in [3.05, 3.63) is 22.7 Å². The van der Waals surface area contributed by atoms with Gasteiger partial charge in [0.15, 0.2) is 5.82 Å². The van der Waals surface area contributed by atoms with Crippen molar-refractivity contribution in [1.29, 1.82) is 0 Å². The predicted octanol–water partition coefficient (Wildman–Crippen LogP) is 1.80. The molecule has 5 heteroatoms. The summed E-state index contributed by atoms with van der Waals surface area (Å²) in [5.74, 6) is 0.460. The Labute approximate surface area is 115 Å². The maximum Gasteiger partial charge on any atom is 0.293 e. The normalized spacial score (nSPS) is 11.3. The van der Waals surface area contributed by atoms with E-state index in [-0.39, 0.29) is 5.56 Å². The van der Waals surface area contributed by atoms with E-state index in [0.29, 0.717) is 18.4 Å². The van der Waals surface area contributed by atoms with E-state index >= 15 is 0 Å². The number of aromatic nitrogens is 2. The van der Waals surface area contributed by atoms with Crippen molar-refractivity contribution in [2.75, 3.05) is 25.5 Å². The van der Waals surface area contributed by atoms with Gasteiger partial charge in [-0.1, -0.05) is 0 Å². The zero-order valence-corrected chi connectivity index (χ0v) is 12.5. The second-order valence-electron chi connectivity index (χ2n) is 5.08. The smallest absolute Gasteiger partial charge is 0.293 e. The molecule has 1 aromatic heterocycles. The van der Waals surface area contributed by atoms with Crippen LogP contribution >= 0.6 is 0 Å². The lowest BCUT2D eigenvalue weighted by Gasteiger charge is -2.20. The second-order valence-corrected chi connectivity index (χ2v) is 5.08. The van der Waals surface area contributed by atoms with Crippen LogP contribution in [-0.2, 0) is 6.54 Å². The van der Waals surface area contributed by atoms with Gasteiger partial charge in [0, 0.05) is 31.5 Å². The average molecular weight is 266 g/mol. The largest absolute Gasteiger partial charge is 0.365 e. The van der Waals surface area contributed by atoms with E-state index in [2.05, 4.69) is 36.1 Å². The molecule has 0 saturated carbocycles. The van der Waals surface area contributed by atoms with Gasteiger partial charge in [-0.15, -0.1) is 0 Å². The van der Waals surface area contributed by atoms with E-state index in [4.69, 9.17) is 0 Å². The SMILES string of the molecule is CCn1ccnc(NCCCCN(C)C(C)C)c1=O. The third-order valence-corrected chi connectivity index (χ3v) is 3.37. The quantitative estimate of drug-likeness (QED) is 0.729. The number of hydrogen-bond donors (Lipinski definition) is 1. The van der Waals surface area contributed by atoms with Gasteiger partial charge in [-0.3, -0.25) is 4.79 Å². The van der Waals surface area contributed by atoms with Crippen LogP contribution in [-0.4, -0.2) is 40.6 Å². The molecular weight excluding hydrogens is 240 g/mol. The van der Waals surface area contributed by atoms with Crippen molar-refractivity contribution in [2.45, 2.75) is 46.2 Å². The van der Waals surface area contributed by atoms with Crippen molar-refractivity contribution in [3.8, 4) is 0 Å². The number of rotatable bonds is 8. The summed E-state index contributed by atoms with van der Waals surface area (Å²) in [5.41, 5.74) is -0.0377. The van der Waals surface area contributed by atoms with Gasteiger partial charge in [-0.2, -0.15) is 0 Å². The Hall–Kier alpha value is -1.36. The number of aryl methyl sites for hydroxylation is 1. The third kappa shape index (κ3) is 5.03. The van der Waals surface area contributed by atoms with Gasteiger partial charge in [0.25, 0.3) is 5.56 Å². The minimum absolute atomic E-state index is 0.0377. The second kappa shape index (κ2) is 7.94. The van der Waals surface area contributed by atoms with Gasteiger partial charge in [0.05, 0.1) is 0 Å². The number of unbranched alkanes of at least 4 members (excludes halogenated alkanes) is 1. The van der Waals surface area contributed by atoms with Crippen molar-refractivity contribution < 1.29 is 0 Å². The van der Waals surface area contributed by atoms with Gasteiger partial charge in [-0.05, 0) is 47.2 Å². The molecule has 1 heterocycles. The first-order valence-electron chi connectivity index (χ1n) is 7.05. The molecule has 5 nitrogen and oxygen atoms in total. The summed E-state index contributed by atoms with van der Waals surface area (Å²) in [6, 6.07) is 0.584. The molecule has 0 spiro atoms. The molecule has 0 aliphatic rings. The molecule has 0 bridgehead atoms. The van der Waals surface area contributed by atoms with Gasteiger partial charge >= 0.3 is 0 Å². The van der Waals surface area contributed by atoms with Crippen LogP contribution in [0.5, 0.6) is 0 Å². The minimum atomic E-state index is -0.0377. The number of anilines is 1. The van der Waals surface area contributed by atoms with Crippen LogP contribution in [0.4, 0.5) is 5.82 Å². The Morgan fingerprint density at radius 1 is 1.42 bits per heavy atom. The van der Waals surface area contributed by atoms with Crippen molar-refractivity contribution in [2.24, 2.45) is 0 Å². The Morgan fingerprint density at radius 3 is 2.79 bits per heavy atom. The standard InChI is InChI=1S/C14H26N4O/c1-5-18-11-9-16-13(14(18)19)15-8-6-7-10-17(4)12(2)3/h9,11-12H,5-8,10H2,1-4H3,(H,15,16). The van der Waals surface area contributed by atoms with Crippen LogP contribution in [0.2, 0.25) is 0 Å². The molecule has 108 valence electrons. The topological polar surface area (TPSA) is 50.2 Å². The van der Waals surface area contributed by atoms with Crippen LogP contribution in [0.25, 0.3) is 0 Å². The monoisotopic (exact) mass is 266 g/mol. The molecule has 0 saturated heterocycles. The molecule has 0 aliphatic heterocycles. The molecule has 0 amide bonds. The molecule has 0 fully saturated rings. The summed E-state index contributed by atoms with van der Waals surface area (Å²) in [4.78, 5) is 18.3. The fourth-order valence-electron chi connectivity index (χ4n) is 1.77. The molecule has 0 unspecified atom stereocenters. The first kappa shape index (κ1) is 15.7. The summed E-state index contributed by atoms with van der Waals surface area (Å²) in [7, 11) is 2.14. The van der Waals surface area contributed by atoms with Gasteiger partial charge in [-0.25, -0.2) is 4.98 Å². The predicted molar refractivity (Wildman–Crippen MR) is 79.7 cm³/mol. The first-order valence-corrected chi connectivity index (χ1v) is 7.05. The van der Waals surface area contributed by atoms with E-state index in [1.54, 1.807) is 17.0 Å². The van der Waals surface area contributed by atoms with Gasteiger partial charge < -0.3 is 14.8 Å². The Balaban J connectivity index is 2.32. The zero-order valence-electron chi connectivity index (χ0n) is 12.5. The Bertz CT molecular complexity index is 428. The van der Waals surface area contributed by atoms with Crippen molar-refractivity contribution >= 4 is 5.82 Å². The summed E-state index contributed by atoms with van der Waals surface area (Å²) in [6.07, 6.45) is 5.54. The maximum atomic E-state index is 11.9. The van der Waals surface area contributed by atoms with Gasteiger partial charge in [0.2, 0.25) is 0 Å². The van der Waals surface area contributed by atoms with Crippen LogP contribution in [0.3, 0.4) is 0 Å². The van der Waals surface area contributed by atoms with E-state index in [1.807, 2.05) is 6.92 Å². The third-order valence-electron chi connectivity index (χ3n) is 3.37. The zero-order chi connectivity index (χ0) is 14.3. The number of hydrogen-bond acceptors (Lipinski definition) is 4. The molecule has 0 aliphatic carbocycles. The molecule has 1 aromatic rings. The van der Waals surface area contributed by atoms with Crippen molar-refractivity contribution in [3.63, 3.8) is 0 Å². The lowest BCUT2D eigenvalue weighted by atomic mass is 10.2. The number of nitrogens with zero attached hydrogens (tertiary/aromatic N) is 3. The molecular formula is C14H26N4O. The van der Waals surface area contributed by atoms with E-state index in [9.17, 15) is 4.79 Å². The number of nitrogens with one attached hydrogen (secondary N) is 1. The van der Waals surface area contributed by atoms with Crippen molar-refractivity contribution in [1.82, 2.24) is 14.5 Å². The summed E-state index contributed by atoms with van der Waals surface area (Å²) in [6.45, 7) is 8.89. The highest BCUT2D eigenvalue weighted by molar-refractivity contribution is 5.30. The van der Waals surface area contributed by atoms with Crippen LogP contribution in [0.1, 0.15) is 33.6 Å². The molecule has 0 radical (unpaired) electrons. The minimum Gasteiger partial charge on any atom is -0.365 e. The van der Waals surface area contributed by atoms with E-state index < -0.39 is 0 Å². The average Bonchev–Trinajstić information content (AvgIpc) is 2.39. The Morgan fingerprint density at radius 2 is 2.16 bits per heavy atom. The lowest BCUT2D eigenvalue weighted by molar-refractivity contribution is 0.269. The summed E-state index contributed by atoms with van der Waals surface area (Å²) < 4.78 is 1.65. The summed E-state index contributed by atoms with van der Waals surface area (Å²) >= 11 is 0. The highest BCUT2D eigenvalue weighted by Gasteiger charge is 2.04. The van der Waals surface area contributed by atoms with Gasteiger partial charge in [0.1, 0.15) is 0 Å². The molecule has 19 heavy (non-hydrogen) atoms. The maximum absolute atomic E-state index is 11.9. The molecule has 0 aromatic carbocycles. The first-order chi connectivity index (χ1) is 9.06. The lowest BCUT2D eigenvalue weighted by Crippen LogP contribution is -2.28. The summed E-state index contributed by atoms with van der Waals surface area (Å²) in [5, 5.41) is 3.13. The van der Waals surface area contributed by atoms with Crippen LogP contribution < -0.4 is 10.9 Å². The highest BCUT2D eigenvalue weighted by Crippen LogP contribution is 1.99. The highest BCUT2D eigenvalue weighted by atomic mass is 16.1. The molecule has 1 N–H and O–H groups in total. The van der Waals surface area contributed by atoms with E-state index in [0.717, 1.165) is 25.9 Å². The molecule has 1 rings (SSSR count). The molecule has 0 atom stereocenters. The van der Waals surface area contributed by atoms with Crippen LogP contribution in [0, 0.1) is 0 Å². The fourth-order valence-corrected chi connectivity index (χ4v) is 1.77.